The molecular weight excluding hydrogens is 352 g/mol. The third kappa shape index (κ3) is 20.9. The van der Waals surface area contributed by atoms with Crippen molar-refractivity contribution >= 4 is 11.8 Å². The summed E-state index contributed by atoms with van der Waals surface area (Å²) in [7, 11) is 0. The Kier molecular flexibility index (Phi) is 18.7. The van der Waals surface area contributed by atoms with Crippen molar-refractivity contribution in [3.63, 3.8) is 0 Å². The lowest BCUT2D eigenvalue weighted by Gasteiger charge is -2.09. The third-order valence-electron chi connectivity index (χ3n) is 3.32. The van der Waals surface area contributed by atoms with Gasteiger partial charge in [0.1, 0.15) is 0 Å². The van der Waals surface area contributed by atoms with Gasteiger partial charge in [0.2, 0.25) is 11.8 Å². The number of carbonyl (C=O) groups excluding carboxylic acids is 2. The number of carbonyl (C=O) groups is 2. The van der Waals surface area contributed by atoms with Gasteiger partial charge < -0.3 is 29.6 Å². The summed E-state index contributed by atoms with van der Waals surface area (Å²) in [5.74, 6) is 0.493. The van der Waals surface area contributed by atoms with Crippen LogP contribution in [-0.2, 0) is 28.5 Å². The second-order valence-corrected chi connectivity index (χ2v) is 6.50. The Morgan fingerprint density at radius 3 is 1.52 bits per heavy atom. The average Bonchev–Trinajstić information content (AvgIpc) is 2.61. The van der Waals surface area contributed by atoms with Crippen molar-refractivity contribution in [2.75, 3.05) is 65.9 Å². The van der Waals surface area contributed by atoms with Crippen LogP contribution in [0.2, 0.25) is 0 Å². The standard InChI is InChI=1S/C19H38N2O6/c1-4-5-18(22)20-6-8-24-10-12-26-14-15-27-13-11-25-9-7-21-19(23)16-17(2)3/h17H,4-16H2,1-3H3,(H,20,22)(H,21,23). The maximum atomic E-state index is 11.4. The molecule has 0 radical (unpaired) electrons. The Morgan fingerprint density at radius 1 is 0.704 bits per heavy atom. The lowest BCUT2D eigenvalue weighted by Crippen LogP contribution is -2.28. The Labute approximate surface area is 163 Å². The van der Waals surface area contributed by atoms with Crippen LogP contribution in [0.1, 0.15) is 40.0 Å². The van der Waals surface area contributed by atoms with E-state index in [0.29, 0.717) is 84.7 Å². The zero-order valence-corrected chi connectivity index (χ0v) is 17.2. The molecule has 0 saturated heterocycles. The highest BCUT2D eigenvalue weighted by atomic mass is 16.6. The first-order valence-corrected chi connectivity index (χ1v) is 9.90. The van der Waals surface area contributed by atoms with Crippen LogP contribution >= 0.6 is 0 Å². The van der Waals surface area contributed by atoms with Gasteiger partial charge in [-0.05, 0) is 12.3 Å². The zero-order chi connectivity index (χ0) is 20.2. The summed E-state index contributed by atoms with van der Waals surface area (Å²) in [5.41, 5.74) is 0. The van der Waals surface area contributed by atoms with Gasteiger partial charge in [0.15, 0.2) is 0 Å². The minimum absolute atomic E-state index is 0.0622. The van der Waals surface area contributed by atoms with E-state index in [1.54, 1.807) is 0 Å². The first kappa shape index (κ1) is 25.8. The smallest absolute Gasteiger partial charge is 0.220 e. The molecule has 8 heteroatoms. The van der Waals surface area contributed by atoms with E-state index in [4.69, 9.17) is 18.9 Å². The molecule has 2 amide bonds. The van der Waals surface area contributed by atoms with Gasteiger partial charge in [-0.15, -0.1) is 0 Å². The van der Waals surface area contributed by atoms with Crippen LogP contribution in [0.5, 0.6) is 0 Å². The molecule has 0 aromatic heterocycles. The van der Waals surface area contributed by atoms with Crippen LogP contribution in [-0.4, -0.2) is 77.8 Å². The summed E-state index contributed by atoms with van der Waals surface area (Å²) < 4.78 is 21.5. The summed E-state index contributed by atoms with van der Waals surface area (Å²) in [6.45, 7) is 11.0. The monoisotopic (exact) mass is 390 g/mol. The fraction of sp³-hybridized carbons (Fsp3) is 0.895. The van der Waals surface area contributed by atoms with Crippen molar-refractivity contribution in [2.24, 2.45) is 5.92 Å². The Morgan fingerprint density at radius 2 is 1.11 bits per heavy atom. The Hall–Kier alpha value is -1.22. The average molecular weight is 391 g/mol. The summed E-state index contributed by atoms with van der Waals surface area (Å²) in [5, 5.41) is 5.59. The Balaban J connectivity index is 3.13. The molecule has 0 unspecified atom stereocenters. The highest BCUT2D eigenvalue weighted by Gasteiger charge is 2.03. The number of hydrogen-bond donors (Lipinski definition) is 2. The van der Waals surface area contributed by atoms with Crippen molar-refractivity contribution in [2.45, 2.75) is 40.0 Å². The summed E-state index contributed by atoms with van der Waals surface area (Å²) >= 11 is 0. The van der Waals surface area contributed by atoms with Crippen LogP contribution in [0.3, 0.4) is 0 Å². The molecule has 27 heavy (non-hydrogen) atoms. The number of ether oxygens (including phenoxy) is 4. The molecule has 160 valence electrons. The minimum atomic E-state index is 0.0622. The fourth-order valence-corrected chi connectivity index (χ4v) is 2.05. The van der Waals surface area contributed by atoms with Gasteiger partial charge in [0, 0.05) is 25.9 Å². The van der Waals surface area contributed by atoms with Crippen molar-refractivity contribution in [1.29, 1.82) is 0 Å². The van der Waals surface area contributed by atoms with E-state index in [0.717, 1.165) is 6.42 Å². The largest absolute Gasteiger partial charge is 0.377 e. The van der Waals surface area contributed by atoms with E-state index < -0.39 is 0 Å². The molecule has 0 rings (SSSR count). The Bertz CT molecular complexity index is 366. The maximum absolute atomic E-state index is 11.4. The topological polar surface area (TPSA) is 95.1 Å². The predicted molar refractivity (Wildman–Crippen MR) is 104 cm³/mol. The molecule has 0 aromatic rings. The third-order valence-corrected chi connectivity index (χ3v) is 3.32. The minimum Gasteiger partial charge on any atom is -0.377 e. The molecule has 0 aromatic carbocycles. The molecule has 0 fully saturated rings. The number of hydrogen-bond acceptors (Lipinski definition) is 6. The van der Waals surface area contributed by atoms with Crippen LogP contribution in [0.25, 0.3) is 0 Å². The van der Waals surface area contributed by atoms with Crippen molar-refractivity contribution in [1.82, 2.24) is 10.6 Å². The molecule has 0 atom stereocenters. The highest BCUT2D eigenvalue weighted by Crippen LogP contribution is 1.97. The SMILES string of the molecule is CCCC(=O)NCCOCCOCCOCCOCCNC(=O)CC(C)C. The zero-order valence-electron chi connectivity index (χ0n) is 17.2. The summed E-state index contributed by atoms with van der Waals surface area (Å²) in [6.07, 6.45) is 1.96. The quantitative estimate of drug-likeness (QED) is 0.321. The van der Waals surface area contributed by atoms with Gasteiger partial charge >= 0.3 is 0 Å². The first-order chi connectivity index (χ1) is 13.1. The number of amides is 2. The van der Waals surface area contributed by atoms with Crippen molar-refractivity contribution in [3.05, 3.63) is 0 Å². The molecule has 0 heterocycles. The van der Waals surface area contributed by atoms with Crippen LogP contribution in [0.4, 0.5) is 0 Å². The van der Waals surface area contributed by atoms with Gasteiger partial charge in [-0.3, -0.25) is 9.59 Å². The summed E-state index contributed by atoms with van der Waals surface area (Å²) in [6, 6.07) is 0. The maximum Gasteiger partial charge on any atom is 0.220 e. The van der Waals surface area contributed by atoms with E-state index in [1.807, 2.05) is 20.8 Å². The molecule has 0 aliphatic rings. The predicted octanol–water partition coefficient (Wildman–Crippen LogP) is 1.13. The summed E-state index contributed by atoms with van der Waals surface area (Å²) in [4.78, 5) is 22.6. The lowest BCUT2D eigenvalue weighted by atomic mass is 10.1. The van der Waals surface area contributed by atoms with E-state index in [2.05, 4.69) is 10.6 Å². The van der Waals surface area contributed by atoms with Crippen LogP contribution in [0, 0.1) is 5.92 Å². The molecule has 0 saturated carbocycles. The lowest BCUT2D eigenvalue weighted by molar-refractivity contribution is -0.122. The molecular formula is C19H38N2O6. The fourth-order valence-electron chi connectivity index (χ4n) is 2.05. The first-order valence-electron chi connectivity index (χ1n) is 9.90. The van der Waals surface area contributed by atoms with Crippen molar-refractivity contribution < 1.29 is 28.5 Å². The molecule has 0 spiro atoms. The van der Waals surface area contributed by atoms with Gasteiger partial charge in [0.05, 0.1) is 52.9 Å². The second-order valence-electron chi connectivity index (χ2n) is 6.50. The van der Waals surface area contributed by atoms with Gasteiger partial charge in [-0.1, -0.05) is 20.8 Å². The van der Waals surface area contributed by atoms with E-state index >= 15 is 0 Å². The van der Waals surface area contributed by atoms with Gasteiger partial charge in [-0.25, -0.2) is 0 Å². The second kappa shape index (κ2) is 19.5. The van der Waals surface area contributed by atoms with Crippen LogP contribution in [0.15, 0.2) is 0 Å². The normalized spacial score (nSPS) is 11.0. The molecule has 0 aliphatic heterocycles. The molecule has 2 N–H and O–H groups in total. The van der Waals surface area contributed by atoms with Crippen molar-refractivity contribution in [3.8, 4) is 0 Å². The van der Waals surface area contributed by atoms with E-state index in [1.165, 1.54) is 0 Å². The number of rotatable bonds is 19. The van der Waals surface area contributed by atoms with E-state index in [9.17, 15) is 9.59 Å². The highest BCUT2D eigenvalue weighted by molar-refractivity contribution is 5.76. The molecule has 0 bridgehead atoms. The molecule has 8 nitrogen and oxygen atoms in total. The van der Waals surface area contributed by atoms with Crippen LogP contribution < -0.4 is 10.6 Å². The van der Waals surface area contributed by atoms with Gasteiger partial charge in [0.25, 0.3) is 0 Å². The number of nitrogens with one attached hydrogen (secondary N) is 2. The van der Waals surface area contributed by atoms with Gasteiger partial charge in [-0.2, -0.15) is 0 Å². The molecule has 0 aliphatic carbocycles. The van der Waals surface area contributed by atoms with E-state index in [-0.39, 0.29) is 11.8 Å².